The molecule has 1 saturated heterocycles. The Labute approximate surface area is 164 Å². The van der Waals surface area contributed by atoms with E-state index in [-0.39, 0.29) is 18.9 Å². The zero-order valence-electron chi connectivity index (χ0n) is 15.7. The first-order chi connectivity index (χ1) is 13.5. The summed E-state index contributed by atoms with van der Waals surface area (Å²) in [5, 5.41) is 14.7. The van der Waals surface area contributed by atoms with Crippen LogP contribution in [-0.4, -0.2) is 60.0 Å². The van der Waals surface area contributed by atoms with Gasteiger partial charge in [0.05, 0.1) is 13.0 Å². The molecule has 0 aromatic heterocycles. The van der Waals surface area contributed by atoms with Crippen molar-refractivity contribution in [3.8, 4) is 12.3 Å². The number of rotatable bonds is 6. The Balaban J connectivity index is 1.67. The molecule has 1 aromatic rings. The number of benzene rings is 1. The number of nitrogens with one attached hydrogen (secondary N) is 2. The molecule has 2 aliphatic heterocycles. The van der Waals surface area contributed by atoms with E-state index in [4.69, 9.17) is 11.5 Å². The highest BCUT2D eigenvalue weighted by Crippen LogP contribution is 2.29. The number of fused-ring (bicyclic) bond motifs is 1. The van der Waals surface area contributed by atoms with Crippen molar-refractivity contribution in [3.05, 3.63) is 34.9 Å². The Hall–Kier alpha value is -2.85. The van der Waals surface area contributed by atoms with Crippen molar-refractivity contribution < 1.29 is 19.5 Å². The molecule has 0 bridgehead atoms. The molecule has 7 heteroatoms. The summed E-state index contributed by atoms with van der Waals surface area (Å²) in [6.07, 6.45) is 7.71. The van der Waals surface area contributed by atoms with Gasteiger partial charge in [-0.3, -0.25) is 14.4 Å². The average molecular weight is 383 g/mol. The molecular weight excluding hydrogens is 358 g/mol. The summed E-state index contributed by atoms with van der Waals surface area (Å²) in [5.74, 6) is 1.00. The van der Waals surface area contributed by atoms with E-state index in [0.717, 1.165) is 31.5 Å². The lowest BCUT2D eigenvalue weighted by Crippen LogP contribution is -2.46. The number of terminal acetylenes is 1. The molecule has 0 radical (unpaired) electrons. The Morgan fingerprint density at radius 1 is 1.36 bits per heavy atom. The van der Waals surface area contributed by atoms with Gasteiger partial charge in [0.1, 0.15) is 6.04 Å². The third-order valence-corrected chi connectivity index (χ3v) is 5.36. The smallest absolute Gasteiger partial charge is 0.306 e. The average Bonchev–Trinajstić information content (AvgIpc) is 2.69. The fourth-order valence-electron chi connectivity index (χ4n) is 3.84. The largest absolute Gasteiger partial charge is 0.481 e. The molecule has 3 rings (SSSR count). The van der Waals surface area contributed by atoms with Gasteiger partial charge in [0.15, 0.2) is 0 Å². The number of aliphatic carboxylic acids is 1. The lowest BCUT2D eigenvalue weighted by Gasteiger charge is -2.30. The van der Waals surface area contributed by atoms with Crippen molar-refractivity contribution in [1.82, 2.24) is 15.5 Å². The third kappa shape index (κ3) is 4.70. The fourth-order valence-corrected chi connectivity index (χ4v) is 3.84. The van der Waals surface area contributed by atoms with Crippen molar-refractivity contribution >= 4 is 17.8 Å². The quantitative estimate of drug-likeness (QED) is 0.630. The van der Waals surface area contributed by atoms with Gasteiger partial charge in [-0.15, -0.1) is 6.42 Å². The van der Waals surface area contributed by atoms with Crippen molar-refractivity contribution in [2.24, 2.45) is 0 Å². The first kappa shape index (κ1) is 19.9. The number of carboxylic acid groups (broad SMARTS) is 1. The van der Waals surface area contributed by atoms with Gasteiger partial charge in [-0.2, -0.15) is 0 Å². The number of carboxylic acids is 1. The SMILES string of the molecule is C#C[C@H](CC(=O)O)NC(=O)CN1CCc2ccc(C3CCNCC3)cc2C1=O. The van der Waals surface area contributed by atoms with Gasteiger partial charge in [-0.05, 0) is 55.5 Å². The molecule has 2 heterocycles. The summed E-state index contributed by atoms with van der Waals surface area (Å²) in [5.41, 5.74) is 2.84. The predicted octanol–water partition coefficient (Wildman–Crippen LogP) is 0.745. The van der Waals surface area contributed by atoms with Crippen LogP contribution >= 0.6 is 0 Å². The molecule has 148 valence electrons. The molecule has 1 atom stereocenters. The fraction of sp³-hybridized carbons (Fsp3) is 0.476. The standard InChI is InChI=1S/C21H25N3O4/c1-2-17(12-20(26)27)23-19(25)13-24-10-7-15-3-4-16(11-18(15)21(24)28)14-5-8-22-9-6-14/h1,3-4,11,14,17,22H,5-10,12-13H2,(H,23,25)(H,26,27)/t17-/m1/s1. The minimum Gasteiger partial charge on any atom is -0.481 e. The van der Waals surface area contributed by atoms with Gasteiger partial charge in [0, 0.05) is 12.1 Å². The van der Waals surface area contributed by atoms with Crippen molar-refractivity contribution in [2.75, 3.05) is 26.2 Å². The van der Waals surface area contributed by atoms with Crippen LogP contribution in [0.2, 0.25) is 0 Å². The molecule has 0 spiro atoms. The summed E-state index contributed by atoms with van der Waals surface area (Å²) < 4.78 is 0. The molecule has 2 aliphatic rings. The molecule has 0 unspecified atom stereocenters. The van der Waals surface area contributed by atoms with Crippen molar-refractivity contribution in [3.63, 3.8) is 0 Å². The highest BCUT2D eigenvalue weighted by atomic mass is 16.4. The number of carbonyl (C=O) groups is 3. The Bertz CT molecular complexity index is 808. The van der Waals surface area contributed by atoms with E-state index >= 15 is 0 Å². The molecule has 7 nitrogen and oxygen atoms in total. The zero-order valence-corrected chi connectivity index (χ0v) is 15.7. The zero-order chi connectivity index (χ0) is 20.1. The number of amides is 2. The predicted molar refractivity (Wildman–Crippen MR) is 104 cm³/mol. The summed E-state index contributed by atoms with van der Waals surface area (Å²) in [7, 11) is 0. The summed E-state index contributed by atoms with van der Waals surface area (Å²) in [4.78, 5) is 37.4. The number of hydrogen-bond donors (Lipinski definition) is 3. The second kappa shape index (κ2) is 8.89. The van der Waals surface area contributed by atoms with Crippen molar-refractivity contribution in [1.29, 1.82) is 0 Å². The molecule has 2 amide bonds. The number of carbonyl (C=O) groups excluding carboxylic acids is 2. The Kier molecular flexibility index (Phi) is 6.32. The van der Waals surface area contributed by atoms with E-state index in [2.05, 4.69) is 22.6 Å². The molecule has 1 aromatic carbocycles. The van der Waals surface area contributed by atoms with E-state index < -0.39 is 17.9 Å². The minimum absolute atomic E-state index is 0.131. The number of hydrogen-bond acceptors (Lipinski definition) is 4. The molecule has 1 fully saturated rings. The normalized spacial score (nSPS) is 18.1. The lowest BCUT2D eigenvalue weighted by molar-refractivity contribution is -0.137. The van der Waals surface area contributed by atoms with Crippen LogP contribution in [0, 0.1) is 12.3 Å². The minimum atomic E-state index is -1.09. The van der Waals surface area contributed by atoms with Crippen LogP contribution in [0.5, 0.6) is 0 Å². The Morgan fingerprint density at radius 2 is 2.11 bits per heavy atom. The molecule has 0 aliphatic carbocycles. The highest BCUT2D eigenvalue weighted by Gasteiger charge is 2.28. The maximum absolute atomic E-state index is 12.9. The van der Waals surface area contributed by atoms with E-state index in [1.54, 1.807) is 0 Å². The highest BCUT2D eigenvalue weighted by molar-refractivity contribution is 5.99. The Morgan fingerprint density at radius 3 is 2.79 bits per heavy atom. The van der Waals surface area contributed by atoms with Crippen LogP contribution in [0.25, 0.3) is 0 Å². The summed E-state index contributed by atoms with van der Waals surface area (Å²) >= 11 is 0. The van der Waals surface area contributed by atoms with Crippen LogP contribution in [0.3, 0.4) is 0 Å². The van der Waals surface area contributed by atoms with E-state index in [9.17, 15) is 14.4 Å². The van der Waals surface area contributed by atoms with Gasteiger partial charge in [0.2, 0.25) is 5.91 Å². The van der Waals surface area contributed by atoms with E-state index in [1.807, 2.05) is 12.1 Å². The van der Waals surface area contributed by atoms with Gasteiger partial charge in [-0.1, -0.05) is 18.1 Å². The van der Waals surface area contributed by atoms with Crippen LogP contribution in [0.1, 0.15) is 46.7 Å². The van der Waals surface area contributed by atoms with E-state index in [1.165, 1.54) is 10.5 Å². The monoisotopic (exact) mass is 383 g/mol. The summed E-state index contributed by atoms with van der Waals surface area (Å²) in [6, 6.07) is 5.24. The second-order valence-corrected chi connectivity index (χ2v) is 7.30. The maximum Gasteiger partial charge on any atom is 0.306 e. The first-order valence-corrected chi connectivity index (χ1v) is 9.58. The third-order valence-electron chi connectivity index (χ3n) is 5.36. The van der Waals surface area contributed by atoms with Crippen molar-refractivity contribution in [2.45, 2.75) is 37.6 Å². The lowest BCUT2D eigenvalue weighted by atomic mass is 9.87. The van der Waals surface area contributed by atoms with Crippen LogP contribution < -0.4 is 10.6 Å². The molecule has 28 heavy (non-hydrogen) atoms. The number of nitrogens with zero attached hydrogens (tertiary/aromatic N) is 1. The topological polar surface area (TPSA) is 98.7 Å². The van der Waals surface area contributed by atoms with Crippen LogP contribution in [-0.2, 0) is 16.0 Å². The van der Waals surface area contributed by atoms with Gasteiger partial charge >= 0.3 is 5.97 Å². The van der Waals surface area contributed by atoms with Gasteiger partial charge in [-0.25, -0.2) is 0 Å². The molecule has 0 saturated carbocycles. The molecule has 3 N–H and O–H groups in total. The second-order valence-electron chi connectivity index (χ2n) is 7.30. The van der Waals surface area contributed by atoms with Crippen LogP contribution in [0.4, 0.5) is 0 Å². The summed E-state index contributed by atoms with van der Waals surface area (Å²) in [6.45, 7) is 2.28. The molecular formula is C21H25N3O4. The first-order valence-electron chi connectivity index (χ1n) is 9.58. The van der Waals surface area contributed by atoms with E-state index in [0.29, 0.717) is 24.4 Å². The number of piperidine rings is 1. The van der Waals surface area contributed by atoms with Gasteiger partial charge < -0.3 is 20.6 Å². The maximum atomic E-state index is 12.9. The van der Waals surface area contributed by atoms with Gasteiger partial charge in [0.25, 0.3) is 5.91 Å². The van der Waals surface area contributed by atoms with Crippen LogP contribution in [0.15, 0.2) is 18.2 Å².